The second-order valence-electron chi connectivity index (χ2n) is 9.76. The summed E-state index contributed by atoms with van der Waals surface area (Å²) in [5, 5.41) is 12.8. The number of hydrogen-bond donors (Lipinski definition) is 1. The zero-order valence-corrected chi connectivity index (χ0v) is 19.1. The number of carbonyl (C=O) groups excluding carboxylic acids is 1. The van der Waals surface area contributed by atoms with E-state index in [4.69, 9.17) is 8.83 Å². The highest BCUT2D eigenvalue weighted by Gasteiger charge is 2.43. The van der Waals surface area contributed by atoms with E-state index in [0.29, 0.717) is 42.7 Å². The molecule has 6 nitrogen and oxygen atoms in total. The Bertz CT molecular complexity index is 1270. The van der Waals surface area contributed by atoms with E-state index in [0.717, 1.165) is 53.3 Å². The van der Waals surface area contributed by atoms with Gasteiger partial charge in [-0.3, -0.25) is 4.79 Å². The van der Waals surface area contributed by atoms with Crippen LogP contribution in [0.4, 0.5) is 0 Å². The van der Waals surface area contributed by atoms with Gasteiger partial charge >= 0.3 is 5.63 Å². The molecule has 1 amide bonds. The molecule has 32 heavy (non-hydrogen) atoms. The molecule has 0 spiro atoms. The van der Waals surface area contributed by atoms with Crippen molar-refractivity contribution in [3.05, 3.63) is 45.0 Å². The average molecular weight is 438 g/mol. The van der Waals surface area contributed by atoms with Crippen molar-refractivity contribution in [3.8, 4) is 0 Å². The Morgan fingerprint density at radius 1 is 1.09 bits per heavy atom. The molecule has 6 heteroatoms. The normalized spacial score (nSPS) is 23.6. The minimum atomic E-state index is -0.597. The van der Waals surface area contributed by atoms with Gasteiger partial charge in [0.05, 0.1) is 5.60 Å². The van der Waals surface area contributed by atoms with Crippen LogP contribution in [0.2, 0.25) is 0 Å². The van der Waals surface area contributed by atoms with E-state index in [-0.39, 0.29) is 23.9 Å². The van der Waals surface area contributed by atoms with Crippen molar-refractivity contribution in [1.29, 1.82) is 0 Å². The summed E-state index contributed by atoms with van der Waals surface area (Å²) >= 11 is 0. The summed E-state index contributed by atoms with van der Waals surface area (Å²) in [4.78, 5) is 27.6. The van der Waals surface area contributed by atoms with Crippen LogP contribution in [0, 0.1) is 26.7 Å². The fourth-order valence-corrected chi connectivity index (χ4v) is 5.70. The van der Waals surface area contributed by atoms with Crippen LogP contribution in [0.15, 0.2) is 25.8 Å². The number of piperidine rings is 1. The molecular formula is C26H31NO5. The summed E-state index contributed by atoms with van der Waals surface area (Å²) in [5.74, 6) is 1.08. The highest BCUT2D eigenvalue weighted by atomic mass is 16.4. The quantitative estimate of drug-likeness (QED) is 0.608. The number of hydrogen-bond acceptors (Lipinski definition) is 5. The molecule has 1 saturated carbocycles. The van der Waals surface area contributed by atoms with Gasteiger partial charge in [-0.2, -0.15) is 0 Å². The second-order valence-corrected chi connectivity index (χ2v) is 9.76. The van der Waals surface area contributed by atoms with Crippen molar-refractivity contribution < 1.29 is 18.7 Å². The van der Waals surface area contributed by atoms with Crippen molar-refractivity contribution in [3.63, 3.8) is 0 Å². The van der Waals surface area contributed by atoms with E-state index in [2.05, 4.69) is 0 Å². The Hall–Kier alpha value is -2.60. The number of furan rings is 1. The number of fused-ring (bicyclic) bond motifs is 3. The largest absolute Gasteiger partial charge is 0.461 e. The summed E-state index contributed by atoms with van der Waals surface area (Å²) < 4.78 is 11.4. The number of nitrogens with zero attached hydrogens (tertiary/aromatic N) is 1. The molecule has 0 unspecified atom stereocenters. The van der Waals surface area contributed by atoms with Gasteiger partial charge in [-0.15, -0.1) is 0 Å². The van der Waals surface area contributed by atoms with Crippen molar-refractivity contribution in [2.75, 3.05) is 13.1 Å². The van der Waals surface area contributed by atoms with Crippen LogP contribution in [0.3, 0.4) is 0 Å². The lowest BCUT2D eigenvalue weighted by molar-refractivity contribution is -0.143. The van der Waals surface area contributed by atoms with Crippen LogP contribution in [0.1, 0.15) is 61.0 Å². The molecule has 1 aromatic carbocycles. The van der Waals surface area contributed by atoms with Crippen molar-refractivity contribution in [1.82, 2.24) is 4.90 Å². The van der Waals surface area contributed by atoms with Gasteiger partial charge in [0.1, 0.15) is 16.9 Å². The summed E-state index contributed by atoms with van der Waals surface area (Å²) in [7, 11) is 0. The lowest BCUT2D eigenvalue weighted by Crippen LogP contribution is -2.54. The number of amides is 1. The van der Waals surface area contributed by atoms with Crippen LogP contribution < -0.4 is 5.63 Å². The molecule has 1 aliphatic carbocycles. The molecule has 2 aliphatic rings. The fourth-order valence-electron chi connectivity index (χ4n) is 5.70. The van der Waals surface area contributed by atoms with E-state index in [9.17, 15) is 14.7 Å². The van der Waals surface area contributed by atoms with Crippen LogP contribution in [-0.2, 0) is 11.2 Å². The fraction of sp³-hybridized carbons (Fsp3) is 0.538. The molecule has 1 aliphatic heterocycles. The molecule has 0 bridgehead atoms. The highest BCUT2D eigenvalue weighted by molar-refractivity contribution is 5.96. The van der Waals surface area contributed by atoms with Crippen LogP contribution >= 0.6 is 0 Å². The summed E-state index contributed by atoms with van der Waals surface area (Å²) in [6.07, 6.45) is 5.30. The first-order valence-corrected chi connectivity index (χ1v) is 11.7. The van der Waals surface area contributed by atoms with E-state index >= 15 is 0 Å². The molecule has 2 fully saturated rings. The number of aliphatic hydroxyl groups is 1. The third kappa shape index (κ3) is 3.45. The first-order valence-electron chi connectivity index (χ1n) is 11.7. The Balaban J connectivity index is 1.37. The predicted octanol–water partition coefficient (Wildman–Crippen LogP) is 4.55. The number of rotatable bonds is 3. The van der Waals surface area contributed by atoms with Crippen molar-refractivity contribution >= 4 is 27.8 Å². The van der Waals surface area contributed by atoms with Gasteiger partial charge in [0, 0.05) is 47.8 Å². The van der Waals surface area contributed by atoms with E-state index in [1.807, 2.05) is 31.7 Å². The van der Waals surface area contributed by atoms with Crippen LogP contribution in [0.25, 0.3) is 21.9 Å². The predicted molar refractivity (Wildman–Crippen MR) is 123 cm³/mol. The van der Waals surface area contributed by atoms with Gasteiger partial charge < -0.3 is 18.8 Å². The minimum Gasteiger partial charge on any atom is -0.461 e. The van der Waals surface area contributed by atoms with Gasteiger partial charge in [-0.1, -0.05) is 12.8 Å². The molecule has 3 aromatic rings. The Labute approximate surface area is 187 Å². The minimum absolute atomic E-state index is 0.0493. The highest BCUT2D eigenvalue weighted by Crippen LogP contribution is 2.40. The maximum absolute atomic E-state index is 13.0. The van der Waals surface area contributed by atoms with Gasteiger partial charge in [-0.25, -0.2) is 4.79 Å². The Morgan fingerprint density at radius 2 is 1.84 bits per heavy atom. The molecule has 1 saturated heterocycles. The monoisotopic (exact) mass is 437 g/mol. The molecule has 5 rings (SSSR count). The number of likely N-dealkylation sites (tertiary alicyclic amines) is 1. The molecule has 3 heterocycles. The third-order valence-corrected chi connectivity index (χ3v) is 7.95. The molecule has 2 atom stereocenters. The standard InChI is InChI=1S/C26H31NO5/c1-15-17(3)31-22-13-23-21(12-20(15)22)16(2)19(25(29)32-23)7-8-24(28)27-11-10-26(30)9-5-4-6-18(26)14-27/h12-13,18,30H,4-11,14H2,1-3H3/t18-,26+/m1/s1. The van der Waals surface area contributed by atoms with Crippen molar-refractivity contribution in [2.24, 2.45) is 5.92 Å². The summed E-state index contributed by atoms with van der Waals surface area (Å²) in [6, 6.07) is 3.81. The van der Waals surface area contributed by atoms with E-state index in [1.165, 1.54) is 0 Å². The van der Waals surface area contributed by atoms with Gasteiger partial charge in [-0.05, 0) is 63.6 Å². The van der Waals surface area contributed by atoms with E-state index < -0.39 is 5.60 Å². The van der Waals surface area contributed by atoms with Crippen LogP contribution in [0.5, 0.6) is 0 Å². The lowest BCUT2D eigenvalue weighted by Gasteiger charge is -2.47. The zero-order chi connectivity index (χ0) is 22.6. The molecule has 0 radical (unpaired) electrons. The maximum atomic E-state index is 13.0. The SMILES string of the molecule is Cc1oc2cc3oc(=O)c(CCC(=O)N4CC[C@@]5(O)CCCC[C@@H]5C4)c(C)c3cc2c1C. The molecule has 2 aromatic heterocycles. The summed E-state index contributed by atoms with van der Waals surface area (Å²) in [5.41, 5.74) is 2.75. The molecular weight excluding hydrogens is 406 g/mol. The first kappa shape index (κ1) is 21.3. The summed E-state index contributed by atoms with van der Waals surface area (Å²) in [6.45, 7) is 7.09. The first-order chi connectivity index (χ1) is 15.3. The number of aryl methyl sites for hydroxylation is 3. The van der Waals surface area contributed by atoms with Gasteiger partial charge in [0.25, 0.3) is 0 Å². The topological polar surface area (TPSA) is 83.9 Å². The Morgan fingerprint density at radius 3 is 2.66 bits per heavy atom. The Kier molecular flexibility index (Phi) is 5.16. The van der Waals surface area contributed by atoms with E-state index in [1.54, 1.807) is 6.07 Å². The van der Waals surface area contributed by atoms with Gasteiger partial charge in [0.2, 0.25) is 5.91 Å². The maximum Gasteiger partial charge on any atom is 0.339 e. The second kappa shape index (κ2) is 7.77. The van der Waals surface area contributed by atoms with Crippen molar-refractivity contribution in [2.45, 2.75) is 71.3 Å². The number of benzene rings is 1. The zero-order valence-electron chi connectivity index (χ0n) is 19.1. The van der Waals surface area contributed by atoms with Gasteiger partial charge in [0.15, 0.2) is 0 Å². The molecule has 1 N–H and O–H groups in total. The lowest BCUT2D eigenvalue weighted by atomic mass is 9.71. The molecule has 170 valence electrons. The smallest absolute Gasteiger partial charge is 0.339 e. The third-order valence-electron chi connectivity index (χ3n) is 7.95. The van der Waals surface area contributed by atoms with Crippen LogP contribution in [-0.4, -0.2) is 34.6 Å². The number of carbonyl (C=O) groups is 1. The average Bonchev–Trinajstić information content (AvgIpc) is 3.04.